The third-order valence-corrected chi connectivity index (χ3v) is 2.87. The van der Waals surface area contributed by atoms with Gasteiger partial charge in [0.1, 0.15) is 0 Å². The number of carbonyl (C=O) groups is 1. The Bertz CT molecular complexity index is 592. The number of pyridine rings is 2. The molecule has 0 aromatic carbocycles. The van der Waals surface area contributed by atoms with E-state index >= 15 is 0 Å². The van der Waals surface area contributed by atoms with Crippen molar-refractivity contribution >= 4 is 5.97 Å². The summed E-state index contributed by atoms with van der Waals surface area (Å²) in [7, 11) is -4.94. The van der Waals surface area contributed by atoms with Crippen LogP contribution in [0.2, 0.25) is 0 Å². The Morgan fingerprint density at radius 1 is 0.903 bits per heavy atom. The molecule has 1 radical (unpaired) electrons. The van der Waals surface area contributed by atoms with Gasteiger partial charge in [-0.1, -0.05) is 12.1 Å². The van der Waals surface area contributed by atoms with Crippen LogP contribution in [0.5, 0.6) is 0 Å². The van der Waals surface area contributed by atoms with Gasteiger partial charge >= 0.3 is 5.97 Å². The van der Waals surface area contributed by atoms with Crippen molar-refractivity contribution in [1.29, 1.82) is 0 Å². The minimum absolute atomic E-state index is 0. The number of hydrogen-bond acceptors (Lipinski definition) is 10. The van der Waals surface area contributed by atoms with E-state index < -0.39 is 16.2 Å². The smallest absolute Gasteiger partial charge is 0.304 e. The van der Waals surface area contributed by atoms with Crippen LogP contribution in [0.3, 0.4) is 0 Å². The van der Waals surface area contributed by atoms with Crippen LogP contribution in [0.25, 0.3) is 0 Å². The van der Waals surface area contributed by atoms with Gasteiger partial charge in [0.25, 0.3) is 0 Å². The molecule has 2 rings (SSSR count). The van der Waals surface area contributed by atoms with Crippen LogP contribution < -0.4 is 29.2 Å². The first kappa shape index (κ1) is 39.7. The fraction of sp³-hybridized carbons (Fsp3) is 0.267. The molecule has 179 valence electrons. The quantitative estimate of drug-likeness (QED) is 0.272. The Kier molecular flexibility index (Phi) is 29.3. The minimum atomic E-state index is -4.94. The van der Waals surface area contributed by atoms with E-state index in [0.29, 0.717) is 19.6 Å². The minimum Gasteiger partial charge on any atom is -2.00 e. The number of carboxylic acid groups (broad SMARTS) is 1. The van der Waals surface area contributed by atoms with E-state index in [9.17, 15) is 4.79 Å². The molecular formula is C15H21ClN3O11V-5. The Morgan fingerprint density at radius 2 is 1.26 bits per heavy atom. The van der Waals surface area contributed by atoms with Crippen molar-refractivity contribution in [3.63, 3.8) is 0 Å². The molecule has 31 heavy (non-hydrogen) atoms. The van der Waals surface area contributed by atoms with Crippen LogP contribution >= 0.6 is 0 Å². The molecule has 0 saturated carbocycles. The molecule has 0 fully saturated rings. The van der Waals surface area contributed by atoms with Gasteiger partial charge in [-0.2, -0.15) is 0 Å². The zero-order valence-electron chi connectivity index (χ0n) is 15.8. The van der Waals surface area contributed by atoms with Crippen LogP contribution in [0.1, 0.15) is 17.8 Å². The second-order valence-electron chi connectivity index (χ2n) is 4.87. The van der Waals surface area contributed by atoms with E-state index in [2.05, 4.69) is 9.97 Å². The van der Waals surface area contributed by atoms with E-state index in [1.807, 2.05) is 41.3 Å². The molecule has 0 aliphatic rings. The summed E-state index contributed by atoms with van der Waals surface area (Å²) >= 11 is 0. The van der Waals surface area contributed by atoms with Crippen LogP contribution in [0.4, 0.5) is 0 Å². The standard InChI is InChI=1S/C15H17N3O2.ClHO4.O2.2H2O.O.V/c19-15(20)7-10-18(11-13-5-1-3-8-16-13)12-14-6-2-4-9-17-14;2-1(3,4)5;1-2;;;;/h1-6,8-9H,7,10-12H2,(H,19,20);(H,2,3,4,5);;2*1H2;;/q;;-2;;;-2;/p-1. The van der Waals surface area contributed by atoms with Crippen molar-refractivity contribution in [2.75, 3.05) is 6.54 Å². The van der Waals surface area contributed by atoms with Gasteiger partial charge in [0, 0.05) is 50.6 Å². The largest absolute Gasteiger partial charge is 2.00 e. The normalized spacial score (nSPS) is 9.00. The van der Waals surface area contributed by atoms with Crippen LogP contribution in [-0.2, 0) is 41.9 Å². The fourth-order valence-electron chi connectivity index (χ4n) is 1.91. The molecule has 0 aliphatic carbocycles. The first-order valence-electron chi connectivity index (χ1n) is 7.26. The summed E-state index contributed by atoms with van der Waals surface area (Å²) in [5, 5.41) is 22.8. The Morgan fingerprint density at radius 3 is 1.52 bits per heavy atom. The van der Waals surface area contributed by atoms with Gasteiger partial charge in [-0.05, 0) is 24.3 Å². The van der Waals surface area contributed by atoms with Gasteiger partial charge in [0.15, 0.2) is 0 Å². The summed E-state index contributed by atoms with van der Waals surface area (Å²) in [5.41, 5.74) is 1.85. The molecule has 0 unspecified atom stereocenters. The van der Waals surface area contributed by atoms with E-state index in [0.717, 1.165) is 11.4 Å². The van der Waals surface area contributed by atoms with Crippen LogP contribution in [0, 0.1) is 10.2 Å². The number of carboxylic acids is 1. The average molecular weight is 506 g/mol. The predicted octanol–water partition coefficient (Wildman–Crippen LogP) is -6.95. The van der Waals surface area contributed by atoms with E-state index in [4.69, 9.17) is 34.3 Å². The average Bonchev–Trinajstić information content (AvgIpc) is 2.62. The third-order valence-electron chi connectivity index (χ3n) is 2.87. The maximum absolute atomic E-state index is 10.8. The summed E-state index contributed by atoms with van der Waals surface area (Å²) in [6, 6.07) is 11.5. The van der Waals surface area contributed by atoms with Crippen molar-refractivity contribution in [3.05, 3.63) is 60.2 Å². The summed E-state index contributed by atoms with van der Waals surface area (Å²) < 4.78 is 34.0. The molecule has 0 saturated heterocycles. The molecule has 0 atom stereocenters. The van der Waals surface area contributed by atoms with Crippen LogP contribution in [-0.4, -0.2) is 43.4 Å². The van der Waals surface area contributed by atoms with E-state index in [-0.39, 0.29) is 41.4 Å². The zero-order valence-corrected chi connectivity index (χ0v) is 18.0. The Labute approximate surface area is 191 Å². The maximum Gasteiger partial charge on any atom is 0.304 e. The molecule has 16 heteroatoms. The number of halogens is 1. The van der Waals surface area contributed by atoms with Crippen molar-refractivity contribution in [3.8, 4) is 0 Å². The van der Waals surface area contributed by atoms with Gasteiger partial charge in [0.05, 0.1) is 17.8 Å². The summed E-state index contributed by atoms with van der Waals surface area (Å²) in [6.07, 6.45) is 3.59. The first-order chi connectivity index (χ1) is 12.7. The monoisotopic (exact) mass is 505 g/mol. The maximum atomic E-state index is 10.8. The molecular weight excluding hydrogens is 485 g/mol. The van der Waals surface area contributed by atoms with Crippen molar-refractivity contribution in [2.24, 2.45) is 0 Å². The van der Waals surface area contributed by atoms with Gasteiger partial charge in [-0.3, -0.25) is 19.7 Å². The molecule has 14 nitrogen and oxygen atoms in total. The summed E-state index contributed by atoms with van der Waals surface area (Å²) in [5.74, 6) is -0.794. The predicted molar refractivity (Wildman–Crippen MR) is 82.8 cm³/mol. The topological polar surface area (TPSA) is 296 Å². The molecule has 0 amide bonds. The Balaban J connectivity index is -0.000000182. The van der Waals surface area contributed by atoms with Crippen LogP contribution in [0.15, 0.2) is 48.8 Å². The van der Waals surface area contributed by atoms with E-state index in [1.54, 1.807) is 12.4 Å². The zero-order chi connectivity index (χ0) is 20.7. The molecule has 5 N–H and O–H groups in total. The van der Waals surface area contributed by atoms with Gasteiger partial charge in [-0.25, -0.2) is 18.6 Å². The van der Waals surface area contributed by atoms with Gasteiger partial charge < -0.3 is 32.0 Å². The van der Waals surface area contributed by atoms with Crippen molar-refractivity contribution in [1.82, 2.24) is 14.9 Å². The fourth-order valence-corrected chi connectivity index (χ4v) is 1.91. The molecule has 0 spiro atoms. The molecule has 0 aliphatic heterocycles. The number of aromatic nitrogens is 2. The second kappa shape index (κ2) is 22.9. The summed E-state index contributed by atoms with van der Waals surface area (Å²) in [6.45, 7) is 1.71. The number of rotatable bonds is 7. The molecule has 2 aromatic heterocycles. The van der Waals surface area contributed by atoms with Crippen molar-refractivity contribution < 1.29 is 84.3 Å². The summed E-state index contributed by atoms with van der Waals surface area (Å²) in [4.78, 5) is 21.3. The number of nitrogens with zero attached hydrogens (tertiary/aromatic N) is 3. The molecule has 2 aromatic rings. The number of hydrogen-bond donors (Lipinski definition) is 1. The van der Waals surface area contributed by atoms with Gasteiger partial charge in [-0.15, -0.1) is 10.2 Å². The SMILES string of the molecule is O.O.O=C(O)CCN(Cc1ccccn1)Cc1ccccn1.[O-2].[O-][Cl+3]([O-])([O-])[O-].[O-][O-].[V]. The third kappa shape index (κ3) is 26.2. The Hall–Kier alpha value is -1.76. The second-order valence-corrected chi connectivity index (χ2v) is 5.63. The number of aliphatic carboxylic acids is 1. The van der Waals surface area contributed by atoms with Gasteiger partial charge in [0.2, 0.25) is 0 Å². The van der Waals surface area contributed by atoms with Crippen molar-refractivity contribution in [2.45, 2.75) is 19.5 Å². The first-order valence-corrected chi connectivity index (χ1v) is 8.50. The van der Waals surface area contributed by atoms with E-state index in [1.165, 1.54) is 0 Å². The molecule has 0 bridgehead atoms. The molecule has 2 heterocycles.